The summed E-state index contributed by atoms with van der Waals surface area (Å²) in [5.41, 5.74) is 1.90. The monoisotopic (exact) mass is 428 g/mol. The Morgan fingerprint density at radius 2 is 1.00 bits per heavy atom. The van der Waals surface area contributed by atoms with Gasteiger partial charge in [0.2, 0.25) is 0 Å². The van der Waals surface area contributed by atoms with Crippen LogP contribution in [0.15, 0.2) is 10.3 Å². The van der Waals surface area contributed by atoms with E-state index < -0.39 is 0 Å². The highest BCUT2D eigenvalue weighted by molar-refractivity contribution is 5.85. The lowest BCUT2D eigenvalue weighted by molar-refractivity contribution is 0.188. The predicted molar refractivity (Wildman–Crippen MR) is 121 cm³/mol. The quantitative estimate of drug-likeness (QED) is 0.281. The molecule has 0 spiro atoms. The standard InChI is InChI=1S/2C11H22N2O2/c2*1-15-10-4-2-3-7-13-8-5-11(12-14)6-9-13/h2*14H,2-10H2,1H3. The van der Waals surface area contributed by atoms with Crippen LogP contribution in [-0.2, 0) is 9.47 Å². The maximum Gasteiger partial charge on any atom is 0.0596 e. The molecule has 8 nitrogen and oxygen atoms in total. The molecule has 0 saturated carbocycles. The lowest BCUT2D eigenvalue weighted by atomic mass is 10.1. The smallest absolute Gasteiger partial charge is 0.0596 e. The van der Waals surface area contributed by atoms with Crippen LogP contribution < -0.4 is 0 Å². The van der Waals surface area contributed by atoms with Crippen molar-refractivity contribution in [2.24, 2.45) is 10.3 Å². The normalized spacial score (nSPS) is 18.1. The summed E-state index contributed by atoms with van der Waals surface area (Å²) in [6.45, 7) is 8.27. The molecule has 0 unspecified atom stereocenters. The molecule has 0 bridgehead atoms. The van der Waals surface area contributed by atoms with Crippen molar-refractivity contribution in [1.82, 2.24) is 9.80 Å². The minimum Gasteiger partial charge on any atom is -0.411 e. The zero-order valence-electron chi connectivity index (χ0n) is 19.2. The van der Waals surface area contributed by atoms with Crippen LogP contribution in [-0.4, -0.2) is 98.3 Å². The lowest BCUT2D eigenvalue weighted by Crippen LogP contribution is -2.34. The average molecular weight is 429 g/mol. The molecule has 0 aromatic rings. The molecule has 2 N–H and O–H groups in total. The van der Waals surface area contributed by atoms with Crippen LogP contribution in [0.25, 0.3) is 0 Å². The third-order valence-electron chi connectivity index (χ3n) is 5.79. The number of oxime groups is 2. The molecule has 0 atom stereocenters. The van der Waals surface area contributed by atoms with E-state index >= 15 is 0 Å². The molecule has 0 aromatic carbocycles. The Morgan fingerprint density at radius 3 is 1.30 bits per heavy atom. The topological polar surface area (TPSA) is 90.1 Å². The van der Waals surface area contributed by atoms with Gasteiger partial charge in [-0.1, -0.05) is 10.3 Å². The molecule has 2 rings (SSSR count). The maximum absolute atomic E-state index is 8.61. The van der Waals surface area contributed by atoms with E-state index in [1.165, 1.54) is 38.8 Å². The van der Waals surface area contributed by atoms with E-state index in [1.54, 1.807) is 14.2 Å². The Balaban J connectivity index is 0.000000300. The zero-order chi connectivity index (χ0) is 21.9. The second-order valence-corrected chi connectivity index (χ2v) is 8.12. The summed E-state index contributed by atoms with van der Waals surface area (Å²) in [5.74, 6) is 0. The van der Waals surface area contributed by atoms with Gasteiger partial charge in [-0.2, -0.15) is 0 Å². The van der Waals surface area contributed by atoms with Crippen LogP contribution in [0.1, 0.15) is 64.2 Å². The number of rotatable bonds is 12. The fourth-order valence-electron chi connectivity index (χ4n) is 3.79. The Kier molecular flexibility index (Phi) is 16.6. The number of piperidine rings is 2. The van der Waals surface area contributed by atoms with Crippen molar-refractivity contribution in [2.75, 3.05) is 66.7 Å². The highest BCUT2D eigenvalue weighted by Crippen LogP contribution is 2.09. The molecule has 0 aliphatic carbocycles. The van der Waals surface area contributed by atoms with E-state index in [4.69, 9.17) is 19.9 Å². The van der Waals surface area contributed by atoms with E-state index in [1.807, 2.05) is 0 Å². The minimum absolute atomic E-state index is 0.876. The fraction of sp³-hybridized carbons (Fsp3) is 0.909. The van der Waals surface area contributed by atoms with Gasteiger partial charge >= 0.3 is 0 Å². The molecule has 8 heteroatoms. The van der Waals surface area contributed by atoms with Gasteiger partial charge in [0.1, 0.15) is 0 Å². The molecule has 0 aromatic heterocycles. The predicted octanol–water partition coefficient (Wildman–Crippen LogP) is 3.46. The number of likely N-dealkylation sites (tertiary alicyclic amines) is 2. The van der Waals surface area contributed by atoms with E-state index in [-0.39, 0.29) is 0 Å². The summed E-state index contributed by atoms with van der Waals surface area (Å²) in [7, 11) is 3.50. The van der Waals surface area contributed by atoms with E-state index in [0.29, 0.717) is 0 Å². The van der Waals surface area contributed by atoms with Gasteiger partial charge in [-0.05, 0) is 51.6 Å². The van der Waals surface area contributed by atoms with Gasteiger partial charge in [0, 0.05) is 79.3 Å². The number of hydrogen-bond acceptors (Lipinski definition) is 8. The Bertz CT molecular complexity index is 412. The SMILES string of the molecule is COCCCCCN1CCC(=NO)CC1.COCCCCCN1CCC(=NO)CC1. The molecule has 30 heavy (non-hydrogen) atoms. The third kappa shape index (κ3) is 13.2. The molecule has 2 heterocycles. The summed E-state index contributed by atoms with van der Waals surface area (Å²) < 4.78 is 10.0. The first-order valence-corrected chi connectivity index (χ1v) is 11.6. The summed E-state index contributed by atoms with van der Waals surface area (Å²) in [5, 5.41) is 23.8. The number of methoxy groups -OCH3 is 2. The number of unbranched alkanes of at least 4 members (excludes halogenated alkanes) is 4. The van der Waals surface area contributed by atoms with Crippen molar-refractivity contribution in [1.29, 1.82) is 0 Å². The van der Waals surface area contributed by atoms with Crippen molar-refractivity contribution < 1.29 is 19.9 Å². The van der Waals surface area contributed by atoms with Crippen LogP contribution in [0.4, 0.5) is 0 Å². The lowest BCUT2D eigenvalue weighted by Gasteiger charge is -2.26. The van der Waals surface area contributed by atoms with Crippen LogP contribution >= 0.6 is 0 Å². The number of nitrogens with zero attached hydrogens (tertiary/aromatic N) is 4. The van der Waals surface area contributed by atoms with Crippen molar-refractivity contribution in [3.8, 4) is 0 Å². The molecular weight excluding hydrogens is 384 g/mol. The molecule has 176 valence electrons. The summed E-state index contributed by atoms with van der Waals surface area (Å²) in [4.78, 5) is 4.89. The second kappa shape index (κ2) is 18.5. The largest absolute Gasteiger partial charge is 0.411 e. The average Bonchev–Trinajstić information content (AvgIpc) is 2.80. The second-order valence-electron chi connectivity index (χ2n) is 8.12. The summed E-state index contributed by atoms with van der Waals surface area (Å²) in [6.07, 6.45) is 11.0. The molecule has 2 aliphatic heterocycles. The first-order valence-electron chi connectivity index (χ1n) is 11.6. The van der Waals surface area contributed by atoms with Gasteiger partial charge in [0.25, 0.3) is 0 Å². The fourth-order valence-corrected chi connectivity index (χ4v) is 3.79. The van der Waals surface area contributed by atoms with Gasteiger partial charge < -0.3 is 29.7 Å². The summed E-state index contributed by atoms with van der Waals surface area (Å²) >= 11 is 0. The highest BCUT2D eigenvalue weighted by atomic mass is 16.5. The van der Waals surface area contributed by atoms with Crippen LogP contribution in [0, 0.1) is 0 Å². The van der Waals surface area contributed by atoms with E-state index in [0.717, 1.165) is 89.3 Å². The summed E-state index contributed by atoms with van der Waals surface area (Å²) in [6, 6.07) is 0. The molecule has 0 radical (unpaired) electrons. The van der Waals surface area contributed by atoms with E-state index in [2.05, 4.69) is 20.1 Å². The van der Waals surface area contributed by atoms with Crippen LogP contribution in [0.3, 0.4) is 0 Å². The Labute approximate surface area is 182 Å². The molecule has 2 saturated heterocycles. The maximum atomic E-state index is 8.61. The van der Waals surface area contributed by atoms with Gasteiger partial charge in [-0.15, -0.1) is 0 Å². The van der Waals surface area contributed by atoms with Gasteiger partial charge in [0.15, 0.2) is 0 Å². The van der Waals surface area contributed by atoms with Gasteiger partial charge in [-0.3, -0.25) is 0 Å². The van der Waals surface area contributed by atoms with Gasteiger partial charge in [0.05, 0.1) is 11.4 Å². The zero-order valence-corrected chi connectivity index (χ0v) is 19.2. The highest BCUT2D eigenvalue weighted by Gasteiger charge is 2.15. The van der Waals surface area contributed by atoms with Crippen molar-refractivity contribution >= 4 is 11.4 Å². The first-order chi connectivity index (χ1) is 14.7. The van der Waals surface area contributed by atoms with Crippen molar-refractivity contribution in [3.05, 3.63) is 0 Å². The van der Waals surface area contributed by atoms with Crippen molar-refractivity contribution in [3.63, 3.8) is 0 Å². The molecular formula is C22H44N4O4. The molecule has 2 fully saturated rings. The third-order valence-corrected chi connectivity index (χ3v) is 5.79. The first kappa shape index (κ1) is 26.8. The van der Waals surface area contributed by atoms with Gasteiger partial charge in [-0.25, -0.2) is 0 Å². The van der Waals surface area contributed by atoms with E-state index in [9.17, 15) is 0 Å². The Hall–Kier alpha value is -1.22. The number of hydrogen-bond donors (Lipinski definition) is 2. The Morgan fingerprint density at radius 1 is 0.633 bits per heavy atom. The molecule has 0 amide bonds. The minimum atomic E-state index is 0.876. The molecule has 2 aliphatic rings. The van der Waals surface area contributed by atoms with Crippen LogP contribution in [0.5, 0.6) is 0 Å². The van der Waals surface area contributed by atoms with Crippen molar-refractivity contribution in [2.45, 2.75) is 64.2 Å². The number of ether oxygens (including phenoxy) is 2. The van der Waals surface area contributed by atoms with Crippen LogP contribution in [0.2, 0.25) is 0 Å².